The smallest absolute Gasteiger partial charge is 0.240 e. The van der Waals surface area contributed by atoms with Gasteiger partial charge in [0.05, 0.1) is 17.6 Å². The van der Waals surface area contributed by atoms with Crippen molar-refractivity contribution in [3.05, 3.63) is 24.1 Å². The molecule has 1 heterocycles. The normalized spacial score (nSPS) is 11.6. The molecule has 0 unspecified atom stereocenters. The molecular formula is C14H19N3O4S. The topological polar surface area (TPSA) is 94.3 Å². The summed E-state index contributed by atoms with van der Waals surface area (Å²) in [4.78, 5) is 4.26. The number of aromatic nitrogens is 2. The van der Waals surface area contributed by atoms with Crippen LogP contribution in [0.15, 0.2) is 27.6 Å². The molecule has 0 amide bonds. The minimum atomic E-state index is -3.57. The summed E-state index contributed by atoms with van der Waals surface area (Å²) in [5.41, 5.74) is 0.470. The fourth-order valence-corrected chi connectivity index (χ4v) is 3.00. The molecule has 0 aliphatic carbocycles. The molecule has 0 aliphatic heterocycles. The van der Waals surface area contributed by atoms with E-state index in [1.165, 1.54) is 19.2 Å². The zero-order valence-electron chi connectivity index (χ0n) is 12.8. The number of ether oxygens (including phenoxy) is 1. The van der Waals surface area contributed by atoms with Crippen LogP contribution >= 0.6 is 0 Å². The Hall–Kier alpha value is -1.93. The second-order valence-electron chi connectivity index (χ2n) is 4.75. The van der Waals surface area contributed by atoms with E-state index in [0.717, 1.165) is 12.8 Å². The maximum Gasteiger partial charge on any atom is 0.240 e. The van der Waals surface area contributed by atoms with E-state index in [4.69, 9.17) is 9.26 Å². The van der Waals surface area contributed by atoms with Crippen LogP contribution < -0.4 is 9.46 Å². The molecule has 0 bridgehead atoms. The lowest BCUT2D eigenvalue weighted by Gasteiger charge is -2.10. The largest absolute Gasteiger partial charge is 0.496 e. The van der Waals surface area contributed by atoms with Gasteiger partial charge in [0.2, 0.25) is 21.7 Å². The molecule has 2 aromatic rings. The minimum absolute atomic E-state index is 0.141. The number of hydrogen-bond donors (Lipinski definition) is 1. The number of benzene rings is 1. The van der Waals surface area contributed by atoms with Crippen LogP contribution in [0.3, 0.4) is 0 Å². The van der Waals surface area contributed by atoms with Gasteiger partial charge in [-0.25, -0.2) is 13.1 Å². The van der Waals surface area contributed by atoms with Gasteiger partial charge in [0.1, 0.15) is 5.75 Å². The van der Waals surface area contributed by atoms with Crippen molar-refractivity contribution in [2.24, 2.45) is 0 Å². The minimum Gasteiger partial charge on any atom is -0.496 e. The first-order valence-electron chi connectivity index (χ1n) is 6.96. The van der Waals surface area contributed by atoms with Crippen molar-refractivity contribution in [3.8, 4) is 17.1 Å². The quantitative estimate of drug-likeness (QED) is 0.784. The molecule has 0 atom stereocenters. The number of sulfonamides is 1. The molecule has 8 heteroatoms. The first-order valence-corrected chi connectivity index (χ1v) is 8.44. The second kappa shape index (κ2) is 6.89. The van der Waals surface area contributed by atoms with Crippen LogP contribution in [0, 0.1) is 6.92 Å². The molecule has 0 spiro atoms. The van der Waals surface area contributed by atoms with Gasteiger partial charge >= 0.3 is 0 Å². The molecule has 0 saturated carbocycles. The number of hydrogen-bond acceptors (Lipinski definition) is 6. The zero-order chi connectivity index (χ0) is 16.2. The Morgan fingerprint density at radius 2 is 2.14 bits per heavy atom. The van der Waals surface area contributed by atoms with Gasteiger partial charge in [-0.2, -0.15) is 4.98 Å². The summed E-state index contributed by atoms with van der Waals surface area (Å²) >= 11 is 0. The Bertz CT molecular complexity index is 740. The molecule has 1 aromatic carbocycles. The number of unbranched alkanes of at least 4 members (excludes halogenated alkanes) is 1. The average Bonchev–Trinajstić information content (AvgIpc) is 2.93. The van der Waals surface area contributed by atoms with Gasteiger partial charge in [-0.1, -0.05) is 18.5 Å². The van der Waals surface area contributed by atoms with Crippen molar-refractivity contribution in [1.29, 1.82) is 0 Å². The number of nitrogens with zero attached hydrogens (tertiary/aromatic N) is 2. The van der Waals surface area contributed by atoms with Crippen LogP contribution in [-0.4, -0.2) is 32.2 Å². The number of methoxy groups -OCH3 is 1. The van der Waals surface area contributed by atoms with Gasteiger partial charge in [-0.15, -0.1) is 0 Å². The van der Waals surface area contributed by atoms with Crippen LogP contribution in [0.2, 0.25) is 0 Å². The maximum absolute atomic E-state index is 12.3. The highest BCUT2D eigenvalue weighted by molar-refractivity contribution is 7.89. The van der Waals surface area contributed by atoms with E-state index in [2.05, 4.69) is 14.9 Å². The fourth-order valence-electron chi connectivity index (χ4n) is 1.90. The van der Waals surface area contributed by atoms with Gasteiger partial charge in [0.15, 0.2) is 0 Å². The predicted molar refractivity (Wildman–Crippen MR) is 81.1 cm³/mol. The number of rotatable bonds is 7. The Kier molecular flexibility index (Phi) is 5.15. The van der Waals surface area contributed by atoms with E-state index in [9.17, 15) is 8.42 Å². The molecule has 1 N–H and O–H groups in total. The predicted octanol–water partition coefficient (Wildman–Crippen LogP) is 2.13. The Morgan fingerprint density at radius 1 is 1.36 bits per heavy atom. The first kappa shape index (κ1) is 16.4. The molecule has 2 rings (SSSR count). The van der Waals surface area contributed by atoms with Crippen molar-refractivity contribution in [1.82, 2.24) is 14.9 Å². The van der Waals surface area contributed by atoms with Gasteiger partial charge in [0.25, 0.3) is 0 Å². The van der Waals surface area contributed by atoms with E-state index in [1.807, 2.05) is 6.92 Å². The van der Waals surface area contributed by atoms with Crippen molar-refractivity contribution < 1.29 is 17.7 Å². The lowest BCUT2D eigenvalue weighted by Crippen LogP contribution is -2.24. The lowest BCUT2D eigenvalue weighted by atomic mass is 10.2. The highest BCUT2D eigenvalue weighted by Crippen LogP contribution is 2.30. The van der Waals surface area contributed by atoms with Crippen molar-refractivity contribution >= 4 is 10.0 Å². The van der Waals surface area contributed by atoms with Gasteiger partial charge in [-0.05, 0) is 24.6 Å². The molecule has 0 aliphatic rings. The van der Waals surface area contributed by atoms with Crippen LogP contribution in [0.25, 0.3) is 11.4 Å². The van der Waals surface area contributed by atoms with E-state index in [-0.39, 0.29) is 4.90 Å². The van der Waals surface area contributed by atoms with E-state index >= 15 is 0 Å². The van der Waals surface area contributed by atoms with Crippen LogP contribution in [0.5, 0.6) is 5.75 Å². The summed E-state index contributed by atoms with van der Waals surface area (Å²) in [5, 5.41) is 3.81. The summed E-state index contributed by atoms with van der Waals surface area (Å²) in [6, 6.07) is 4.55. The SMILES string of the molecule is CCCCNS(=O)(=O)c1ccc(OC)c(-c2noc(C)n2)c1. The first-order chi connectivity index (χ1) is 10.5. The zero-order valence-corrected chi connectivity index (χ0v) is 13.6. The standard InChI is InChI=1S/C14H19N3O4S/c1-4-5-8-15-22(18,19)11-6-7-13(20-3)12(9-11)14-16-10(2)21-17-14/h6-7,9,15H,4-5,8H2,1-3H3. The Labute approximate surface area is 129 Å². The highest BCUT2D eigenvalue weighted by atomic mass is 32.2. The molecule has 22 heavy (non-hydrogen) atoms. The summed E-state index contributed by atoms with van der Waals surface area (Å²) < 4.78 is 37.3. The van der Waals surface area contributed by atoms with Gasteiger partial charge < -0.3 is 9.26 Å². The maximum atomic E-state index is 12.3. The summed E-state index contributed by atoms with van der Waals surface area (Å²) in [6.45, 7) is 4.07. The lowest BCUT2D eigenvalue weighted by molar-refractivity contribution is 0.392. The average molecular weight is 325 g/mol. The molecule has 7 nitrogen and oxygen atoms in total. The second-order valence-corrected chi connectivity index (χ2v) is 6.52. The summed E-state index contributed by atoms with van der Waals surface area (Å²) in [5.74, 6) is 1.17. The van der Waals surface area contributed by atoms with Crippen LogP contribution in [0.4, 0.5) is 0 Å². The van der Waals surface area contributed by atoms with Crippen molar-refractivity contribution in [3.63, 3.8) is 0 Å². The number of aryl methyl sites for hydroxylation is 1. The summed E-state index contributed by atoms with van der Waals surface area (Å²) in [7, 11) is -2.07. The van der Waals surface area contributed by atoms with Gasteiger partial charge in [-0.3, -0.25) is 0 Å². The van der Waals surface area contributed by atoms with E-state index in [0.29, 0.717) is 29.6 Å². The fraction of sp³-hybridized carbons (Fsp3) is 0.429. The molecule has 0 radical (unpaired) electrons. The highest BCUT2D eigenvalue weighted by Gasteiger charge is 2.19. The third kappa shape index (κ3) is 3.63. The molecular weight excluding hydrogens is 306 g/mol. The summed E-state index contributed by atoms with van der Waals surface area (Å²) in [6.07, 6.45) is 1.70. The number of nitrogens with one attached hydrogen (secondary N) is 1. The Morgan fingerprint density at radius 3 is 2.73 bits per heavy atom. The van der Waals surface area contributed by atoms with Crippen LogP contribution in [0.1, 0.15) is 25.7 Å². The molecule has 1 aromatic heterocycles. The van der Waals surface area contributed by atoms with E-state index in [1.54, 1.807) is 13.0 Å². The molecule has 120 valence electrons. The Balaban J connectivity index is 2.39. The van der Waals surface area contributed by atoms with Gasteiger partial charge in [0, 0.05) is 13.5 Å². The monoisotopic (exact) mass is 325 g/mol. The third-order valence-electron chi connectivity index (χ3n) is 3.07. The van der Waals surface area contributed by atoms with Crippen molar-refractivity contribution in [2.45, 2.75) is 31.6 Å². The van der Waals surface area contributed by atoms with E-state index < -0.39 is 10.0 Å². The molecule has 0 saturated heterocycles. The van der Waals surface area contributed by atoms with Crippen molar-refractivity contribution in [2.75, 3.05) is 13.7 Å². The van der Waals surface area contributed by atoms with Crippen LogP contribution in [-0.2, 0) is 10.0 Å². The third-order valence-corrected chi connectivity index (χ3v) is 4.53. The molecule has 0 fully saturated rings.